The van der Waals surface area contributed by atoms with E-state index in [0.717, 1.165) is 43.5 Å². The molecule has 2 aliphatic rings. The first kappa shape index (κ1) is 25.4. The lowest BCUT2D eigenvalue weighted by Crippen LogP contribution is -2.49. The van der Waals surface area contributed by atoms with E-state index in [0.29, 0.717) is 34.1 Å². The third-order valence-electron chi connectivity index (χ3n) is 6.06. The van der Waals surface area contributed by atoms with E-state index in [1.165, 1.54) is 4.90 Å². The zero-order chi connectivity index (χ0) is 24.9. The Morgan fingerprint density at radius 1 is 1.06 bits per heavy atom. The van der Waals surface area contributed by atoms with Crippen LogP contribution in [0.15, 0.2) is 53.4 Å². The summed E-state index contributed by atoms with van der Waals surface area (Å²) in [6.07, 6.45) is 1.68. The summed E-state index contributed by atoms with van der Waals surface area (Å²) < 4.78 is 0. The Hall–Kier alpha value is -2.65. The third kappa shape index (κ3) is 6.52. The van der Waals surface area contributed by atoms with E-state index in [1.807, 2.05) is 23.1 Å². The maximum absolute atomic E-state index is 13.1. The quantitative estimate of drug-likeness (QED) is 0.524. The smallest absolute Gasteiger partial charge is 0.293 e. The topological polar surface area (TPSA) is 64.2 Å². The Morgan fingerprint density at radius 3 is 2.51 bits per heavy atom. The van der Waals surface area contributed by atoms with Gasteiger partial charge in [0, 0.05) is 49.9 Å². The predicted molar refractivity (Wildman–Crippen MR) is 140 cm³/mol. The van der Waals surface area contributed by atoms with Crippen molar-refractivity contribution in [3.05, 3.63) is 75.1 Å². The number of amides is 3. The molecule has 2 fully saturated rings. The first-order valence-electron chi connectivity index (χ1n) is 11.6. The van der Waals surface area contributed by atoms with Gasteiger partial charge in [-0.2, -0.15) is 0 Å². The average Bonchev–Trinajstić information content (AvgIpc) is 3.10. The number of carbonyl (C=O) groups excluding carboxylic acids is 3. The molecule has 2 aliphatic heterocycles. The van der Waals surface area contributed by atoms with Crippen molar-refractivity contribution in [2.45, 2.75) is 6.54 Å². The van der Waals surface area contributed by atoms with Crippen LogP contribution in [0, 0.1) is 0 Å². The molecular formula is C26H29ClN4O3S. The van der Waals surface area contributed by atoms with Crippen molar-refractivity contribution in [1.29, 1.82) is 0 Å². The van der Waals surface area contributed by atoms with E-state index in [1.54, 1.807) is 36.4 Å². The molecule has 7 nitrogen and oxygen atoms in total. The van der Waals surface area contributed by atoms with Crippen molar-refractivity contribution < 1.29 is 14.4 Å². The molecule has 0 unspecified atom stereocenters. The lowest BCUT2D eigenvalue weighted by Gasteiger charge is -2.35. The fourth-order valence-corrected chi connectivity index (χ4v) is 5.12. The van der Waals surface area contributed by atoms with E-state index in [-0.39, 0.29) is 23.6 Å². The zero-order valence-corrected chi connectivity index (χ0v) is 21.5. The molecule has 35 heavy (non-hydrogen) atoms. The van der Waals surface area contributed by atoms with Crippen molar-refractivity contribution in [1.82, 2.24) is 19.6 Å². The fraction of sp³-hybridized carbons (Fsp3) is 0.346. The van der Waals surface area contributed by atoms with E-state index < -0.39 is 0 Å². The van der Waals surface area contributed by atoms with Crippen LogP contribution in [0.1, 0.15) is 21.5 Å². The number of likely N-dealkylation sites (N-methyl/N-ethyl adjacent to an activating group) is 1. The van der Waals surface area contributed by atoms with Gasteiger partial charge in [-0.05, 0) is 67.3 Å². The molecule has 0 N–H and O–H groups in total. The summed E-state index contributed by atoms with van der Waals surface area (Å²) in [6.45, 7) is 5.27. The molecule has 0 spiro atoms. The summed E-state index contributed by atoms with van der Waals surface area (Å²) in [7, 11) is 4.12. The van der Waals surface area contributed by atoms with Gasteiger partial charge in [-0.3, -0.25) is 24.2 Å². The molecule has 0 aromatic heterocycles. The maximum Gasteiger partial charge on any atom is 0.293 e. The van der Waals surface area contributed by atoms with Gasteiger partial charge in [0.15, 0.2) is 0 Å². The maximum atomic E-state index is 13.1. The number of carbonyl (C=O) groups is 3. The van der Waals surface area contributed by atoms with Gasteiger partial charge in [0.2, 0.25) is 0 Å². The van der Waals surface area contributed by atoms with Crippen molar-refractivity contribution in [3.8, 4) is 0 Å². The lowest BCUT2D eigenvalue weighted by atomic mass is 10.1. The van der Waals surface area contributed by atoms with E-state index in [2.05, 4.69) is 23.9 Å². The molecule has 4 rings (SSSR count). The van der Waals surface area contributed by atoms with Crippen LogP contribution in [0.2, 0.25) is 5.02 Å². The number of hydrogen-bond acceptors (Lipinski definition) is 6. The molecule has 0 bridgehead atoms. The second-order valence-corrected chi connectivity index (χ2v) is 10.4. The second kappa shape index (κ2) is 11.4. The Balaban J connectivity index is 1.40. The normalized spacial score (nSPS) is 18.2. The van der Waals surface area contributed by atoms with Crippen LogP contribution in [-0.4, -0.2) is 90.0 Å². The number of rotatable bonds is 7. The monoisotopic (exact) mass is 512 g/mol. The van der Waals surface area contributed by atoms with E-state index in [9.17, 15) is 14.4 Å². The summed E-state index contributed by atoms with van der Waals surface area (Å²) in [4.78, 5) is 46.5. The van der Waals surface area contributed by atoms with Crippen LogP contribution < -0.4 is 0 Å². The number of halogens is 1. The summed E-state index contributed by atoms with van der Waals surface area (Å²) in [5, 5.41) is 0.238. The summed E-state index contributed by atoms with van der Waals surface area (Å²) >= 11 is 6.94. The van der Waals surface area contributed by atoms with Crippen LogP contribution in [0.4, 0.5) is 4.79 Å². The molecule has 0 radical (unpaired) electrons. The molecule has 0 aliphatic carbocycles. The molecular weight excluding hydrogens is 484 g/mol. The van der Waals surface area contributed by atoms with Crippen LogP contribution in [-0.2, 0) is 11.3 Å². The Bertz CT molecular complexity index is 1140. The third-order valence-corrected chi connectivity index (χ3v) is 7.20. The van der Waals surface area contributed by atoms with Gasteiger partial charge in [0.1, 0.15) is 0 Å². The predicted octanol–water partition coefficient (Wildman–Crippen LogP) is 3.90. The summed E-state index contributed by atoms with van der Waals surface area (Å²) in [6, 6.07) is 14.3. The van der Waals surface area contributed by atoms with Gasteiger partial charge >= 0.3 is 0 Å². The van der Waals surface area contributed by atoms with Crippen LogP contribution in [0.5, 0.6) is 0 Å². The molecule has 0 saturated carbocycles. The number of imide groups is 1. The highest BCUT2D eigenvalue weighted by Crippen LogP contribution is 2.33. The number of benzene rings is 2. The molecule has 2 saturated heterocycles. The van der Waals surface area contributed by atoms with Gasteiger partial charge in [-0.1, -0.05) is 35.9 Å². The first-order chi connectivity index (χ1) is 16.8. The van der Waals surface area contributed by atoms with Crippen molar-refractivity contribution in [2.24, 2.45) is 0 Å². The zero-order valence-electron chi connectivity index (χ0n) is 19.9. The van der Waals surface area contributed by atoms with Crippen molar-refractivity contribution in [2.75, 3.05) is 53.4 Å². The van der Waals surface area contributed by atoms with Gasteiger partial charge in [-0.15, -0.1) is 0 Å². The second-order valence-electron chi connectivity index (χ2n) is 8.96. The molecule has 2 aromatic rings. The highest BCUT2D eigenvalue weighted by atomic mass is 35.5. The fourth-order valence-electron chi connectivity index (χ4n) is 4.07. The Morgan fingerprint density at radius 2 is 1.80 bits per heavy atom. The molecule has 0 atom stereocenters. The molecule has 2 heterocycles. The minimum Gasteiger partial charge on any atom is -0.336 e. The average molecular weight is 513 g/mol. The number of piperazine rings is 1. The van der Waals surface area contributed by atoms with Gasteiger partial charge in [-0.25, -0.2) is 0 Å². The Kier molecular flexibility index (Phi) is 8.28. The number of thioether (sulfide) groups is 1. The van der Waals surface area contributed by atoms with E-state index in [4.69, 9.17) is 11.6 Å². The number of hydrogen-bond donors (Lipinski definition) is 0. The summed E-state index contributed by atoms with van der Waals surface area (Å²) in [5.74, 6) is -0.355. The molecule has 184 valence electrons. The van der Waals surface area contributed by atoms with Crippen LogP contribution in [0.3, 0.4) is 0 Å². The van der Waals surface area contributed by atoms with Crippen LogP contribution in [0.25, 0.3) is 6.08 Å². The lowest BCUT2D eigenvalue weighted by molar-refractivity contribution is -0.123. The minimum absolute atomic E-state index is 0.0124. The molecule has 2 aromatic carbocycles. The van der Waals surface area contributed by atoms with E-state index >= 15 is 0 Å². The standard InChI is InChI=1S/C26H29ClN4O3S/c1-28(2)9-10-29-11-13-30(14-12-29)24(32)21-7-3-5-19(15-21)17-23-25(33)31(26(34)35-23)18-20-6-4-8-22(27)16-20/h3-8,15-17H,9-14,18H2,1-2H3. The molecule has 3 amide bonds. The van der Waals surface area contributed by atoms with Gasteiger partial charge < -0.3 is 9.80 Å². The molecule has 9 heteroatoms. The number of nitrogens with zero attached hydrogens (tertiary/aromatic N) is 4. The van der Waals surface area contributed by atoms with Crippen LogP contribution >= 0.6 is 23.4 Å². The highest BCUT2D eigenvalue weighted by Gasteiger charge is 2.35. The van der Waals surface area contributed by atoms with Crippen molar-refractivity contribution >= 4 is 46.5 Å². The highest BCUT2D eigenvalue weighted by molar-refractivity contribution is 8.18. The minimum atomic E-state index is -0.342. The largest absolute Gasteiger partial charge is 0.336 e. The SMILES string of the molecule is CN(C)CCN1CCN(C(=O)c2cccc(C=C3SC(=O)N(Cc4cccc(Cl)c4)C3=O)c2)CC1. The van der Waals surface area contributed by atoms with Gasteiger partial charge in [0.25, 0.3) is 17.1 Å². The van der Waals surface area contributed by atoms with Gasteiger partial charge in [0.05, 0.1) is 11.4 Å². The van der Waals surface area contributed by atoms with Crippen molar-refractivity contribution in [3.63, 3.8) is 0 Å². The first-order valence-corrected chi connectivity index (χ1v) is 12.8. The summed E-state index contributed by atoms with van der Waals surface area (Å²) in [5.41, 5.74) is 2.09. The Labute approximate surface area is 215 Å².